The highest BCUT2D eigenvalue weighted by Gasteiger charge is 2.32. The highest BCUT2D eigenvalue weighted by Crippen LogP contribution is 2.41. The van der Waals surface area contributed by atoms with Crippen LogP contribution in [0.4, 0.5) is 0 Å². The average Bonchev–Trinajstić information content (AvgIpc) is 3.35. The van der Waals surface area contributed by atoms with Crippen molar-refractivity contribution in [1.82, 2.24) is 4.57 Å². The zero-order chi connectivity index (χ0) is 29.5. The third-order valence-corrected chi connectivity index (χ3v) is 9.01. The van der Waals surface area contributed by atoms with Crippen LogP contribution in [-0.4, -0.2) is 17.6 Å². The molecule has 5 aromatic rings. The molecule has 0 fully saturated rings. The van der Waals surface area contributed by atoms with Crippen LogP contribution in [0.3, 0.4) is 0 Å². The van der Waals surface area contributed by atoms with Crippen LogP contribution in [0, 0.1) is 0 Å². The maximum absolute atomic E-state index is 14.0. The van der Waals surface area contributed by atoms with Gasteiger partial charge in [-0.15, -0.1) is 0 Å². The molecule has 1 aromatic heterocycles. The third-order valence-electron chi connectivity index (χ3n) is 7.77. The SMILES string of the molecule is COc1ccc(C(=O)Oc2ccc(/C=c3/sc4n(c3=O)[C@@H](c3ccc(Cl)cc3)C3=C(N=4)c4ccccc4CC3)cc2)cc1. The Morgan fingerprint density at radius 3 is 2.40 bits per heavy atom. The molecule has 43 heavy (non-hydrogen) atoms. The summed E-state index contributed by atoms with van der Waals surface area (Å²) in [6, 6.07) is 29.6. The minimum absolute atomic E-state index is 0.0934. The summed E-state index contributed by atoms with van der Waals surface area (Å²) in [6.07, 6.45) is 3.58. The number of carbonyl (C=O) groups is 1. The number of thiazole rings is 1. The first-order chi connectivity index (χ1) is 21.0. The van der Waals surface area contributed by atoms with Gasteiger partial charge in [-0.05, 0) is 89.7 Å². The molecule has 0 radical (unpaired) electrons. The number of halogens is 1. The molecular weight excluding hydrogens is 580 g/mol. The third kappa shape index (κ3) is 5.11. The molecule has 4 aromatic carbocycles. The number of fused-ring (bicyclic) bond motifs is 3. The number of esters is 1. The second-order valence-corrected chi connectivity index (χ2v) is 11.8. The Kier molecular flexibility index (Phi) is 7.05. The normalized spacial score (nSPS) is 15.7. The fourth-order valence-electron chi connectivity index (χ4n) is 5.64. The van der Waals surface area contributed by atoms with E-state index < -0.39 is 5.97 Å². The van der Waals surface area contributed by atoms with Crippen molar-refractivity contribution in [3.8, 4) is 11.5 Å². The first kappa shape index (κ1) is 27.1. The van der Waals surface area contributed by atoms with Crippen LogP contribution in [0.15, 0.2) is 112 Å². The van der Waals surface area contributed by atoms with Crippen LogP contribution in [-0.2, 0) is 6.42 Å². The smallest absolute Gasteiger partial charge is 0.343 e. The van der Waals surface area contributed by atoms with E-state index in [1.54, 1.807) is 43.5 Å². The Balaban J connectivity index is 1.25. The zero-order valence-corrected chi connectivity index (χ0v) is 24.7. The molecular formula is C35H25ClN2O4S. The summed E-state index contributed by atoms with van der Waals surface area (Å²) in [5, 5.41) is 0.650. The summed E-state index contributed by atoms with van der Waals surface area (Å²) in [7, 11) is 1.57. The summed E-state index contributed by atoms with van der Waals surface area (Å²) in [4.78, 5) is 32.2. The van der Waals surface area contributed by atoms with Crippen molar-refractivity contribution >= 4 is 40.7 Å². The standard InChI is InChI=1S/C35H25ClN2O4S/c1-41-26-17-10-24(11-18-26)34(40)42-27-15-6-21(7-16-27)20-30-33(39)38-32(23-8-13-25(36)14-9-23)29-19-12-22-4-2-3-5-28(22)31(29)37-35(38)43-30/h2-11,13-18,20,32H,12,19H2,1H3/b30-20+/t32-/m0/s1. The second-order valence-electron chi connectivity index (χ2n) is 10.4. The van der Waals surface area contributed by atoms with Crippen LogP contribution < -0.4 is 24.4 Å². The van der Waals surface area contributed by atoms with E-state index in [1.807, 2.05) is 53.1 Å². The molecule has 1 atom stereocenters. The van der Waals surface area contributed by atoms with Crippen LogP contribution in [0.5, 0.6) is 11.5 Å². The van der Waals surface area contributed by atoms with Crippen molar-refractivity contribution in [2.75, 3.05) is 7.11 Å². The number of aromatic nitrogens is 1. The molecule has 0 N–H and O–H groups in total. The summed E-state index contributed by atoms with van der Waals surface area (Å²) >= 11 is 7.60. The molecule has 2 heterocycles. The lowest BCUT2D eigenvalue weighted by Crippen LogP contribution is -2.38. The van der Waals surface area contributed by atoms with E-state index in [0.29, 0.717) is 31.4 Å². The summed E-state index contributed by atoms with van der Waals surface area (Å²) in [5.74, 6) is 0.612. The number of benzene rings is 4. The molecule has 0 saturated heterocycles. The van der Waals surface area contributed by atoms with Gasteiger partial charge < -0.3 is 9.47 Å². The lowest BCUT2D eigenvalue weighted by molar-refractivity contribution is 0.0734. The highest BCUT2D eigenvalue weighted by atomic mass is 35.5. The number of aryl methyl sites for hydroxylation is 1. The molecule has 0 unspecified atom stereocenters. The Bertz CT molecular complexity index is 2080. The van der Waals surface area contributed by atoms with E-state index in [-0.39, 0.29) is 11.6 Å². The van der Waals surface area contributed by atoms with Gasteiger partial charge in [0.1, 0.15) is 11.5 Å². The summed E-state index contributed by atoms with van der Waals surface area (Å²) < 4.78 is 13.1. The fourth-order valence-corrected chi connectivity index (χ4v) is 6.77. The number of hydrogen-bond donors (Lipinski definition) is 0. The minimum atomic E-state index is -0.462. The van der Waals surface area contributed by atoms with E-state index in [9.17, 15) is 9.59 Å². The lowest BCUT2D eigenvalue weighted by atomic mass is 9.83. The maximum Gasteiger partial charge on any atom is 0.343 e. The molecule has 0 amide bonds. The molecule has 1 aliphatic heterocycles. The van der Waals surface area contributed by atoms with Crippen LogP contribution >= 0.6 is 22.9 Å². The van der Waals surface area contributed by atoms with Crippen LogP contribution in [0.2, 0.25) is 5.02 Å². The van der Waals surface area contributed by atoms with E-state index >= 15 is 0 Å². The predicted molar refractivity (Wildman–Crippen MR) is 169 cm³/mol. The van der Waals surface area contributed by atoms with Crippen molar-refractivity contribution in [2.24, 2.45) is 4.99 Å². The molecule has 0 bridgehead atoms. The van der Waals surface area contributed by atoms with Gasteiger partial charge in [-0.1, -0.05) is 71.5 Å². The maximum atomic E-state index is 14.0. The fraction of sp³-hybridized carbons (Fsp3) is 0.114. The molecule has 8 heteroatoms. The van der Waals surface area contributed by atoms with Gasteiger partial charge in [0.15, 0.2) is 4.80 Å². The van der Waals surface area contributed by atoms with Crippen molar-refractivity contribution in [3.05, 3.63) is 155 Å². The van der Waals surface area contributed by atoms with Gasteiger partial charge >= 0.3 is 5.97 Å². The molecule has 0 saturated carbocycles. The quantitative estimate of drug-likeness (QED) is 0.177. The van der Waals surface area contributed by atoms with Crippen molar-refractivity contribution < 1.29 is 14.3 Å². The summed E-state index contributed by atoms with van der Waals surface area (Å²) in [5.41, 5.74) is 6.64. The molecule has 212 valence electrons. The molecule has 7 rings (SSSR count). The number of rotatable bonds is 5. The van der Waals surface area contributed by atoms with E-state index in [4.69, 9.17) is 26.1 Å². The monoisotopic (exact) mass is 604 g/mol. The number of hydrogen-bond acceptors (Lipinski definition) is 6. The first-order valence-corrected chi connectivity index (χ1v) is 15.0. The van der Waals surface area contributed by atoms with Gasteiger partial charge in [0.25, 0.3) is 5.56 Å². The topological polar surface area (TPSA) is 69.9 Å². The van der Waals surface area contributed by atoms with Crippen LogP contribution in [0.1, 0.15) is 45.1 Å². The van der Waals surface area contributed by atoms with Gasteiger partial charge in [-0.2, -0.15) is 0 Å². The number of allylic oxidation sites excluding steroid dienone is 1. The van der Waals surface area contributed by atoms with Crippen molar-refractivity contribution in [1.29, 1.82) is 0 Å². The second kappa shape index (κ2) is 11.2. The van der Waals surface area contributed by atoms with Gasteiger partial charge in [0.2, 0.25) is 0 Å². The summed E-state index contributed by atoms with van der Waals surface area (Å²) in [6.45, 7) is 0. The molecule has 6 nitrogen and oxygen atoms in total. The van der Waals surface area contributed by atoms with Gasteiger partial charge in [0, 0.05) is 10.6 Å². The Hall–Kier alpha value is -4.72. The van der Waals surface area contributed by atoms with Crippen molar-refractivity contribution in [2.45, 2.75) is 18.9 Å². The first-order valence-electron chi connectivity index (χ1n) is 13.8. The number of carbonyl (C=O) groups excluding carboxylic acids is 1. The largest absolute Gasteiger partial charge is 0.497 e. The Morgan fingerprint density at radius 1 is 0.930 bits per heavy atom. The van der Waals surface area contributed by atoms with Gasteiger partial charge in [0.05, 0.1) is 28.9 Å². The molecule has 1 aliphatic carbocycles. The van der Waals surface area contributed by atoms with Crippen LogP contribution in [0.25, 0.3) is 11.8 Å². The average molecular weight is 605 g/mol. The Labute approximate surface area is 256 Å². The molecule has 0 spiro atoms. The Morgan fingerprint density at radius 2 is 1.65 bits per heavy atom. The van der Waals surface area contributed by atoms with E-state index in [0.717, 1.165) is 40.8 Å². The van der Waals surface area contributed by atoms with Gasteiger partial charge in [-0.3, -0.25) is 9.36 Å². The van der Waals surface area contributed by atoms with Gasteiger partial charge in [-0.25, -0.2) is 9.79 Å². The van der Waals surface area contributed by atoms with Crippen molar-refractivity contribution in [3.63, 3.8) is 0 Å². The van der Waals surface area contributed by atoms with E-state index in [2.05, 4.69) is 18.2 Å². The molecule has 2 aliphatic rings. The number of nitrogens with zero attached hydrogens (tertiary/aromatic N) is 2. The highest BCUT2D eigenvalue weighted by molar-refractivity contribution is 7.07. The van der Waals surface area contributed by atoms with E-state index in [1.165, 1.54) is 16.9 Å². The number of ether oxygens (including phenoxy) is 2. The minimum Gasteiger partial charge on any atom is -0.497 e. The number of methoxy groups -OCH3 is 1. The zero-order valence-electron chi connectivity index (χ0n) is 23.1. The predicted octanol–water partition coefficient (Wildman–Crippen LogP) is 6.20. The lowest BCUT2D eigenvalue weighted by Gasteiger charge is -2.30.